The molecule has 0 saturated carbocycles. The number of carbonyl (C=O) groups excluding carboxylic acids is 1. The fourth-order valence-electron chi connectivity index (χ4n) is 2.38. The third kappa shape index (κ3) is 2.92. The van der Waals surface area contributed by atoms with Gasteiger partial charge in [-0.2, -0.15) is 0 Å². The Morgan fingerprint density at radius 2 is 1.45 bits per heavy atom. The zero-order chi connectivity index (χ0) is 15.4. The molecule has 0 bridgehead atoms. The zero-order valence-corrected chi connectivity index (χ0v) is 12.5. The summed E-state index contributed by atoms with van der Waals surface area (Å²) in [4.78, 5) is 21.9. The highest BCUT2D eigenvalue weighted by Gasteiger charge is 2.20. The van der Waals surface area contributed by atoms with E-state index in [1.807, 2.05) is 20.8 Å². The van der Waals surface area contributed by atoms with E-state index in [0.29, 0.717) is 12.2 Å². The van der Waals surface area contributed by atoms with E-state index in [2.05, 4.69) is 0 Å². The first-order valence-electron chi connectivity index (χ1n) is 6.31. The summed E-state index contributed by atoms with van der Waals surface area (Å²) in [6, 6.07) is 0. The highest BCUT2D eigenvalue weighted by molar-refractivity contribution is 6.32. The van der Waals surface area contributed by atoms with Gasteiger partial charge in [0.1, 0.15) is 11.5 Å². The van der Waals surface area contributed by atoms with Crippen LogP contribution >= 0.6 is 0 Å². The first-order valence-corrected chi connectivity index (χ1v) is 6.31. The van der Waals surface area contributed by atoms with Gasteiger partial charge in [-0.25, -0.2) is 4.79 Å². The summed E-state index contributed by atoms with van der Waals surface area (Å²) in [5.41, 5.74) is 3.62. The Morgan fingerprint density at radius 3 is 1.90 bits per heavy atom. The number of ketones is 1. The lowest BCUT2D eigenvalue weighted by Gasteiger charge is -2.20. The lowest BCUT2D eigenvalue weighted by Crippen LogP contribution is -2.14. The van der Waals surface area contributed by atoms with E-state index < -0.39 is 11.8 Å². The van der Waals surface area contributed by atoms with E-state index >= 15 is 0 Å². The minimum Gasteiger partial charge on any atom is -0.496 e. The SMILES string of the molecule is COc1c(C)c(C)c(OC)c(CCC(=O)C(=O)O)c1C. The van der Waals surface area contributed by atoms with Crippen molar-refractivity contribution >= 4 is 11.8 Å². The van der Waals surface area contributed by atoms with Gasteiger partial charge in [-0.15, -0.1) is 0 Å². The molecule has 0 unspecified atom stereocenters. The van der Waals surface area contributed by atoms with E-state index in [4.69, 9.17) is 14.6 Å². The van der Waals surface area contributed by atoms with Crippen LogP contribution < -0.4 is 9.47 Å². The maximum Gasteiger partial charge on any atom is 0.372 e. The second kappa shape index (κ2) is 6.41. The predicted octanol–water partition coefficient (Wildman–Crippen LogP) is 2.22. The van der Waals surface area contributed by atoms with Gasteiger partial charge in [0.25, 0.3) is 0 Å². The molecule has 0 atom stereocenters. The van der Waals surface area contributed by atoms with Crippen LogP contribution in [0.1, 0.15) is 28.7 Å². The number of benzene rings is 1. The number of carbonyl (C=O) groups is 2. The molecule has 0 aliphatic rings. The maximum absolute atomic E-state index is 11.3. The van der Waals surface area contributed by atoms with Gasteiger partial charge >= 0.3 is 5.97 Å². The number of carboxylic acids is 1. The summed E-state index contributed by atoms with van der Waals surface area (Å²) in [5.74, 6) is -0.763. The van der Waals surface area contributed by atoms with Crippen LogP contribution in [-0.2, 0) is 16.0 Å². The Bertz CT molecular complexity index is 546. The van der Waals surface area contributed by atoms with Crippen molar-refractivity contribution in [1.29, 1.82) is 0 Å². The molecule has 0 aliphatic heterocycles. The minimum absolute atomic E-state index is 0.0574. The zero-order valence-electron chi connectivity index (χ0n) is 12.5. The lowest BCUT2D eigenvalue weighted by molar-refractivity contribution is -0.149. The van der Waals surface area contributed by atoms with Gasteiger partial charge in [-0.05, 0) is 43.9 Å². The summed E-state index contributed by atoms with van der Waals surface area (Å²) < 4.78 is 10.8. The number of ether oxygens (including phenoxy) is 2. The van der Waals surface area contributed by atoms with Crippen molar-refractivity contribution in [2.45, 2.75) is 33.6 Å². The number of Topliss-reactive ketones (excluding diaryl/α,β-unsaturated/α-hetero) is 1. The van der Waals surface area contributed by atoms with E-state index in [1.165, 1.54) is 0 Å². The Labute approximate surface area is 118 Å². The highest BCUT2D eigenvalue weighted by Crippen LogP contribution is 2.38. The first-order chi connectivity index (χ1) is 9.34. The molecule has 0 radical (unpaired) electrons. The van der Waals surface area contributed by atoms with Crippen molar-refractivity contribution in [3.63, 3.8) is 0 Å². The van der Waals surface area contributed by atoms with Crippen LogP contribution in [0, 0.1) is 20.8 Å². The second-order valence-corrected chi connectivity index (χ2v) is 4.65. The summed E-state index contributed by atoms with van der Waals surface area (Å²) in [6.07, 6.45) is 0.260. The number of hydrogen-bond acceptors (Lipinski definition) is 4. The van der Waals surface area contributed by atoms with Crippen molar-refractivity contribution < 1.29 is 24.2 Å². The number of carboxylic acid groups (broad SMARTS) is 1. The standard InChI is InChI=1S/C15H20O5/c1-8-9(2)14(20-5)11(10(3)13(8)19-4)6-7-12(16)15(17)18/h6-7H2,1-5H3,(H,17,18). The molecule has 1 N–H and O–H groups in total. The number of hydrogen-bond donors (Lipinski definition) is 1. The molecule has 5 heteroatoms. The van der Waals surface area contributed by atoms with Crippen LogP contribution in [0.25, 0.3) is 0 Å². The molecule has 1 aromatic rings. The van der Waals surface area contributed by atoms with Crippen LogP contribution in [0.2, 0.25) is 0 Å². The number of rotatable bonds is 6. The Hall–Kier alpha value is -2.04. The van der Waals surface area contributed by atoms with Gasteiger partial charge in [0.2, 0.25) is 5.78 Å². The summed E-state index contributed by atoms with van der Waals surface area (Å²) in [5, 5.41) is 8.65. The Morgan fingerprint density at radius 1 is 0.950 bits per heavy atom. The quantitative estimate of drug-likeness (QED) is 0.809. The van der Waals surface area contributed by atoms with Crippen LogP contribution in [0.4, 0.5) is 0 Å². The smallest absolute Gasteiger partial charge is 0.372 e. The van der Waals surface area contributed by atoms with Crippen LogP contribution in [-0.4, -0.2) is 31.1 Å². The van der Waals surface area contributed by atoms with Crippen LogP contribution in [0.15, 0.2) is 0 Å². The van der Waals surface area contributed by atoms with Crippen molar-refractivity contribution in [2.75, 3.05) is 14.2 Å². The van der Waals surface area contributed by atoms with Crippen molar-refractivity contribution in [3.05, 3.63) is 22.3 Å². The topological polar surface area (TPSA) is 72.8 Å². The molecule has 1 rings (SSSR count). The number of aliphatic carboxylic acids is 1. The van der Waals surface area contributed by atoms with E-state index in [9.17, 15) is 9.59 Å². The first kappa shape index (κ1) is 16.0. The Balaban J connectivity index is 3.26. The molecule has 5 nitrogen and oxygen atoms in total. The van der Waals surface area contributed by atoms with Gasteiger partial charge in [0, 0.05) is 12.0 Å². The summed E-state index contributed by atoms with van der Waals surface area (Å²) >= 11 is 0. The molecule has 0 amide bonds. The Kier molecular flexibility index (Phi) is 5.13. The van der Waals surface area contributed by atoms with Crippen molar-refractivity contribution in [2.24, 2.45) is 0 Å². The van der Waals surface area contributed by atoms with Gasteiger partial charge in [0.15, 0.2) is 0 Å². The van der Waals surface area contributed by atoms with E-state index in [0.717, 1.165) is 28.0 Å². The van der Waals surface area contributed by atoms with Gasteiger partial charge in [0.05, 0.1) is 14.2 Å². The summed E-state index contributed by atoms with van der Waals surface area (Å²) in [6.45, 7) is 5.74. The lowest BCUT2D eigenvalue weighted by atomic mass is 9.94. The van der Waals surface area contributed by atoms with Crippen LogP contribution in [0.5, 0.6) is 11.5 Å². The van der Waals surface area contributed by atoms with Crippen LogP contribution in [0.3, 0.4) is 0 Å². The van der Waals surface area contributed by atoms with E-state index in [1.54, 1.807) is 14.2 Å². The molecular weight excluding hydrogens is 260 g/mol. The average molecular weight is 280 g/mol. The third-order valence-corrected chi connectivity index (χ3v) is 3.56. The van der Waals surface area contributed by atoms with Gasteiger partial charge < -0.3 is 14.6 Å². The molecule has 0 heterocycles. The largest absolute Gasteiger partial charge is 0.496 e. The third-order valence-electron chi connectivity index (χ3n) is 3.56. The molecule has 1 aromatic carbocycles. The van der Waals surface area contributed by atoms with Gasteiger partial charge in [-0.3, -0.25) is 4.79 Å². The molecule has 110 valence electrons. The predicted molar refractivity (Wildman–Crippen MR) is 74.7 cm³/mol. The fourth-order valence-corrected chi connectivity index (χ4v) is 2.38. The average Bonchev–Trinajstić information content (AvgIpc) is 2.41. The van der Waals surface area contributed by atoms with Gasteiger partial charge in [-0.1, -0.05) is 0 Å². The van der Waals surface area contributed by atoms with E-state index in [-0.39, 0.29) is 6.42 Å². The molecule has 0 fully saturated rings. The minimum atomic E-state index is -1.41. The molecule has 0 aliphatic carbocycles. The van der Waals surface area contributed by atoms with Crippen molar-refractivity contribution in [3.8, 4) is 11.5 Å². The maximum atomic E-state index is 11.3. The molecule has 0 spiro atoms. The second-order valence-electron chi connectivity index (χ2n) is 4.65. The monoisotopic (exact) mass is 280 g/mol. The summed E-state index contributed by atoms with van der Waals surface area (Å²) in [7, 11) is 3.16. The molecular formula is C15H20O5. The number of methoxy groups -OCH3 is 2. The molecule has 0 aromatic heterocycles. The molecule has 0 saturated heterocycles. The fraction of sp³-hybridized carbons (Fsp3) is 0.467. The molecule has 20 heavy (non-hydrogen) atoms. The highest BCUT2D eigenvalue weighted by atomic mass is 16.5. The van der Waals surface area contributed by atoms with Crippen molar-refractivity contribution in [1.82, 2.24) is 0 Å². The normalized spacial score (nSPS) is 10.2.